The summed E-state index contributed by atoms with van der Waals surface area (Å²) in [5, 5.41) is 3.65. The summed E-state index contributed by atoms with van der Waals surface area (Å²) in [6.07, 6.45) is 0.515. The van der Waals surface area contributed by atoms with Gasteiger partial charge < -0.3 is 9.26 Å². The molecular formula is C9H11N3O4. The van der Waals surface area contributed by atoms with E-state index >= 15 is 0 Å². The van der Waals surface area contributed by atoms with Gasteiger partial charge in [0.1, 0.15) is 0 Å². The van der Waals surface area contributed by atoms with E-state index in [4.69, 9.17) is 4.52 Å². The molecule has 0 N–H and O–H groups in total. The van der Waals surface area contributed by atoms with Crippen LogP contribution in [0.1, 0.15) is 11.7 Å². The molecule has 1 aliphatic heterocycles. The van der Waals surface area contributed by atoms with Crippen LogP contribution in [0.2, 0.25) is 0 Å². The summed E-state index contributed by atoms with van der Waals surface area (Å²) in [6, 6.07) is 0. The van der Waals surface area contributed by atoms with Crippen LogP contribution in [0.3, 0.4) is 0 Å². The number of nitrogens with zero attached hydrogens (tertiary/aromatic N) is 3. The van der Waals surface area contributed by atoms with Crippen LogP contribution < -0.4 is 0 Å². The van der Waals surface area contributed by atoms with E-state index in [1.165, 1.54) is 0 Å². The minimum absolute atomic E-state index is 0.124. The standard InChI is InChI=1S/C9H11N3O4/c1-6-10-7(16-11-6)2-3-12-4-8(13)15-9(14)5-12/h2-5H2,1H3. The Morgan fingerprint density at radius 3 is 2.56 bits per heavy atom. The highest BCUT2D eigenvalue weighted by molar-refractivity contribution is 5.90. The van der Waals surface area contributed by atoms with Crippen molar-refractivity contribution in [2.75, 3.05) is 19.6 Å². The summed E-state index contributed by atoms with van der Waals surface area (Å²) >= 11 is 0. The Balaban J connectivity index is 1.85. The van der Waals surface area contributed by atoms with Crippen molar-refractivity contribution < 1.29 is 18.8 Å². The Morgan fingerprint density at radius 1 is 1.31 bits per heavy atom. The van der Waals surface area contributed by atoms with Crippen LogP contribution in [-0.4, -0.2) is 46.6 Å². The fourth-order valence-corrected chi connectivity index (χ4v) is 1.47. The third kappa shape index (κ3) is 2.63. The molecule has 0 aromatic carbocycles. The summed E-state index contributed by atoms with van der Waals surface area (Å²) in [5.41, 5.74) is 0. The molecule has 1 aromatic rings. The third-order valence-electron chi connectivity index (χ3n) is 2.14. The molecule has 2 rings (SSSR count). The lowest BCUT2D eigenvalue weighted by atomic mass is 10.3. The number of ether oxygens (including phenoxy) is 1. The Bertz CT molecular complexity index is 399. The first-order valence-corrected chi connectivity index (χ1v) is 4.88. The highest BCUT2D eigenvalue weighted by atomic mass is 16.6. The van der Waals surface area contributed by atoms with Crippen molar-refractivity contribution in [1.29, 1.82) is 0 Å². The van der Waals surface area contributed by atoms with Gasteiger partial charge in [0.25, 0.3) is 0 Å². The van der Waals surface area contributed by atoms with Crippen molar-refractivity contribution >= 4 is 11.9 Å². The highest BCUT2D eigenvalue weighted by Gasteiger charge is 2.24. The Kier molecular flexibility index (Phi) is 2.95. The molecule has 7 nitrogen and oxygen atoms in total. The van der Waals surface area contributed by atoms with E-state index in [9.17, 15) is 9.59 Å². The van der Waals surface area contributed by atoms with Crippen molar-refractivity contribution in [3.05, 3.63) is 11.7 Å². The number of cyclic esters (lactones) is 2. The zero-order valence-corrected chi connectivity index (χ0v) is 8.80. The SMILES string of the molecule is Cc1noc(CCN2CC(=O)OC(=O)C2)n1. The number of hydrogen-bond donors (Lipinski definition) is 0. The molecule has 2 heterocycles. The van der Waals surface area contributed by atoms with Crippen LogP contribution in [-0.2, 0) is 20.7 Å². The predicted molar refractivity (Wildman–Crippen MR) is 50.3 cm³/mol. The molecule has 1 saturated heterocycles. The maximum atomic E-state index is 11.0. The molecule has 1 fully saturated rings. The van der Waals surface area contributed by atoms with Gasteiger partial charge in [-0.2, -0.15) is 4.98 Å². The molecule has 1 aromatic heterocycles. The number of hydrogen-bond acceptors (Lipinski definition) is 7. The second-order valence-corrected chi connectivity index (χ2v) is 3.54. The quantitative estimate of drug-likeness (QED) is 0.497. The van der Waals surface area contributed by atoms with E-state index < -0.39 is 11.9 Å². The zero-order valence-electron chi connectivity index (χ0n) is 8.80. The highest BCUT2D eigenvalue weighted by Crippen LogP contribution is 2.03. The molecule has 0 aliphatic carbocycles. The fourth-order valence-electron chi connectivity index (χ4n) is 1.47. The summed E-state index contributed by atoms with van der Waals surface area (Å²) < 4.78 is 9.32. The van der Waals surface area contributed by atoms with Gasteiger partial charge in [-0.3, -0.25) is 14.5 Å². The molecule has 0 atom stereocenters. The molecule has 0 unspecified atom stereocenters. The number of rotatable bonds is 3. The van der Waals surface area contributed by atoms with Gasteiger partial charge in [-0.1, -0.05) is 5.16 Å². The third-order valence-corrected chi connectivity index (χ3v) is 2.14. The van der Waals surface area contributed by atoms with Gasteiger partial charge in [-0.05, 0) is 6.92 Å². The number of aryl methyl sites for hydroxylation is 1. The minimum atomic E-state index is -0.516. The lowest BCUT2D eigenvalue weighted by Gasteiger charge is -2.23. The predicted octanol–water partition coefficient (Wildman–Crippen LogP) is -0.694. The maximum Gasteiger partial charge on any atom is 0.327 e. The second-order valence-electron chi connectivity index (χ2n) is 3.54. The van der Waals surface area contributed by atoms with E-state index in [0.29, 0.717) is 24.7 Å². The fraction of sp³-hybridized carbons (Fsp3) is 0.556. The second kappa shape index (κ2) is 4.40. The summed E-state index contributed by atoms with van der Waals surface area (Å²) in [7, 11) is 0. The van der Waals surface area contributed by atoms with E-state index in [-0.39, 0.29) is 13.1 Å². The van der Waals surface area contributed by atoms with Gasteiger partial charge in [0.05, 0.1) is 13.1 Å². The van der Waals surface area contributed by atoms with E-state index in [1.54, 1.807) is 11.8 Å². The van der Waals surface area contributed by atoms with Crippen molar-refractivity contribution in [2.24, 2.45) is 0 Å². The molecule has 7 heteroatoms. The molecule has 0 bridgehead atoms. The number of aromatic nitrogens is 2. The molecular weight excluding hydrogens is 214 g/mol. The maximum absolute atomic E-state index is 11.0. The lowest BCUT2D eigenvalue weighted by Crippen LogP contribution is -2.43. The molecule has 0 saturated carbocycles. The number of esters is 2. The Hall–Kier alpha value is -1.76. The van der Waals surface area contributed by atoms with Crippen molar-refractivity contribution in [3.63, 3.8) is 0 Å². The van der Waals surface area contributed by atoms with Gasteiger partial charge in [0, 0.05) is 13.0 Å². The van der Waals surface area contributed by atoms with Crippen molar-refractivity contribution in [1.82, 2.24) is 15.0 Å². The van der Waals surface area contributed by atoms with Gasteiger partial charge >= 0.3 is 11.9 Å². The van der Waals surface area contributed by atoms with Crippen LogP contribution in [0, 0.1) is 6.92 Å². The average Bonchev–Trinajstić information content (AvgIpc) is 2.60. The summed E-state index contributed by atoms with van der Waals surface area (Å²) in [5.74, 6) is 0.0453. The van der Waals surface area contributed by atoms with Crippen LogP contribution >= 0.6 is 0 Å². The average molecular weight is 225 g/mol. The first-order chi connectivity index (χ1) is 7.63. The number of morpholine rings is 1. The lowest BCUT2D eigenvalue weighted by molar-refractivity contribution is -0.166. The summed E-state index contributed by atoms with van der Waals surface area (Å²) in [4.78, 5) is 27.6. The van der Waals surface area contributed by atoms with Crippen molar-refractivity contribution in [2.45, 2.75) is 13.3 Å². The van der Waals surface area contributed by atoms with E-state index in [2.05, 4.69) is 14.9 Å². The first-order valence-electron chi connectivity index (χ1n) is 4.88. The smallest absolute Gasteiger partial charge is 0.327 e. The molecule has 86 valence electrons. The Labute approximate surface area is 91.4 Å². The first kappa shape index (κ1) is 10.7. The topological polar surface area (TPSA) is 85.5 Å². The van der Waals surface area contributed by atoms with Crippen molar-refractivity contribution in [3.8, 4) is 0 Å². The zero-order chi connectivity index (χ0) is 11.5. The van der Waals surface area contributed by atoms with Gasteiger partial charge in [-0.15, -0.1) is 0 Å². The van der Waals surface area contributed by atoms with Gasteiger partial charge in [0.15, 0.2) is 5.82 Å². The molecule has 1 aliphatic rings. The van der Waals surface area contributed by atoms with Gasteiger partial charge in [0.2, 0.25) is 5.89 Å². The van der Waals surface area contributed by atoms with Crippen LogP contribution in [0.5, 0.6) is 0 Å². The number of carbonyl (C=O) groups is 2. The van der Waals surface area contributed by atoms with Crippen LogP contribution in [0.25, 0.3) is 0 Å². The van der Waals surface area contributed by atoms with Crippen LogP contribution in [0.15, 0.2) is 4.52 Å². The van der Waals surface area contributed by atoms with E-state index in [0.717, 1.165) is 0 Å². The molecule has 0 amide bonds. The molecule has 0 spiro atoms. The normalized spacial score (nSPS) is 17.6. The molecule has 0 radical (unpaired) electrons. The van der Waals surface area contributed by atoms with Crippen LogP contribution in [0.4, 0.5) is 0 Å². The van der Waals surface area contributed by atoms with Gasteiger partial charge in [-0.25, -0.2) is 0 Å². The van der Waals surface area contributed by atoms with E-state index in [1.807, 2.05) is 0 Å². The molecule has 16 heavy (non-hydrogen) atoms. The number of carbonyl (C=O) groups excluding carboxylic acids is 2. The largest absolute Gasteiger partial charge is 0.391 e. The monoisotopic (exact) mass is 225 g/mol. The summed E-state index contributed by atoms with van der Waals surface area (Å²) in [6.45, 7) is 2.50. The minimum Gasteiger partial charge on any atom is -0.391 e. The Morgan fingerprint density at radius 2 is 2.00 bits per heavy atom.